The molecule has 1 amide bonds. The lowest BCUT2D eigenvalue weighted by molar-refractivity contribution is -0.119. The maximum Gasteiger partial charge on any atom is 0.354 e. The van der Waals surface area contributed by atoms with Gasteiger partial charge < -0.3 is 10.0 Å². The van der Waals surface area contributed by atoms with Crippen LogP contribution in [0, 0.1) is 5.92 Å². The zero-order chi connectivity index (χ0) is 11.7. The molecule has 1 aliphatic carbocycles. The van der Waals surface area contributed by atoms with Gasteiger partial charge in [0.15, 0.2) is 0 Å². The number of hydrogen-bond acceptors (Lipinski definition) is 3. The van der Waals surface area contributed by atoms with Crippen molar-refractivity contribution in [2.45, 2.75) is 12.8 Å². The number of rotatable bonds is 3. The molecule has 0 aromatic carbocycles. The van der Waals surface area contributed by atoms with Gasteiger partial charge in [-0.05, 0) is 25.0 Å². The predicted octanol–water partition coefficient (Wildman–Crippen LogP) is 1.15. The first-order valence-electron chi connectivity index (χ1n) is 5.06. The number of aromatic carboxylic acids is 1. The molecule has 1 fully saturated rings. The van der Waals surface area contributed by atoms with Gasteiger partial charge in [0.1, 0.15) is 5.69 Å². The lowest BCUT2D eigenvalue weighted by atomic mass is 10.3. The maximum absolute atomic E-state index is 11.7. The van der Waals surface area contributed by atoms with E-state index in [1.54, 1.807) is 13.1 Å². The molecule has 0 saturated heterocycles. The Hall–Kier alpha value is -1.91. The standard InChI is InChI=1S/C11H12N2O3/c1-13(10(14)7-2-3-7)8-4-5-9(11(15)16)12-6-8/h4-7H,2-3H2,1H3,(H,15,16). The van der Waals surface area contributed by atoms with Crippen molar-refractivity contribution in [3.05, 3.63) is 24.0 Å². The van der Waals surface area contributed by atoms with Gasteiger partial charge in [0, 0.05) is 13.0 Å². The first kappa shape index (κ1) is 10.6. The Labute approximate surface area is 92.7 Å². The minimum Gasteiger partial charge on any atom is -0.477 e. The van der Waals surface area contributed by atoms with E-state index in [2.05, 4.69) is 4.98 Å². The van der Waals surface area contributed by atoms with Crippen molar-refractivity contribution in [3.8, 4) is 0 Å². The summed E-state index contributed by atoms with van der Waals surface area (Å²) >= 11 is 0. The fraction of sp³-hybridized carbons (Fsp3) is 0.364. The third kappa shape index (κ3) is 2.03. The van der Waals surface area contributed by atoms with Gasteiger partial charge in [0.25, 0.3) is 0 Å². The second-order valence-corrected chi connectivity index (χ2v) is 3.88. The monoisotopic (exact) mass is 220 g/mol. The summed E-state index contributed by atoms with van der Waals surface area (Å²) in [4.78, 5) is 27.6. The van der Waals surface area contributed by atoms with Crippen molar-refractivity contribution in [1.82, 2.24) is 4.98 Å². The van der Waals surface area contributed by atoms with Crippen molar-refractivity contribution >= 4 is 17.6 Å². The topological polar surface area (TPSA) is 70.5 Å². The highest BCUT2D eigenvalue weighted by Crippen LogP contribution is 2.31. The predicted molar refractivity (Wildman–Crippen MR) is 57.3 cm³/mol. The molecule has 1 aromatic heterocycles. The fourth-order valence-corrected chi connectivity index (χ4v) is 1.44. The molecule has 5 heteroatoms. The summed E-state index contributed by atoms with van der Waals surface area (Å²) in [5.41, 5.74) is 0.609. The summed E-state index contributed by atoms with van der Waals surface area (Å²) < 4.78 is 0. The SMILES string of the molecule is CN(C(=O)C1CC1)c1ccc(C(=O)O)nc1. The number of carboxylic acid groups (broad SMARTS) is 1. The van der Waals surface area contributed by atoms with Crippen LogP contribution in [0.2, 0.25) is 0 Å². The van der Waals surface area contributed by atoms with Gasteiger partial charge in [-0.1, -0.05) is 0 Å². The summed E-state index contributed by atoms with van der Waals surface area (Å²) in [6.45, 7) is 0. The van der Waals surface area contributed by atoms with Crippen molar-refractivity contribution in [1.29, 1.82) is 0 Å². The van der Waals surface area contributed by atoms with Crippen molar-refractivity contribution in [3.63, 3.8) is 0 Å². The van der Waals surface area contributed by atoms with E-state index in [0.717, 1.165) is 12.8 Å². The van der Waals surface area contributed by atoms with Gasteiger partial charge in [-0.15, -0.1) is 0 Å². The molecule has 5 nitrogen and oxygen atoms in total. The molecule has 1 N–H and O–H groups in total. The first-order chi connectivity index (χ1) is 7.59. The Morgan fingerprint density at radius 2 is 2.12 bits per heavy atom. The largest absolute Gasteiger partial charge is 0.477 e. The molecule has 1 aliphatic rings. The molecule has 1 aromatic rings. The van der Waals surface area contributed by atoms with Crippen molar-refractivity contribution in [2.24, 2.45) is 5.92 Å². The number of amides is 1. The maximum atomic E-state index is 11.7. The Kier molecular flexibility index (Phi) is 2.60. The van der Waals surface area contributed by atoms with Crippen LogP contribution in [-0.4, -0.2) is 29.0 Å². The molecule has 0 aliphatic heterocycles. The summed E-state index contributed by atoms with van der Waals surface area (Å²) in [6, 6.07) is 2.99. The fourth-order valence-electron chi connectivity index (χ4n) is 1.44. The van der Waals surface area contributed by atoms with Crippen LogP contribution in [0.5, 0.6) is 0 Å². The quantitative estimate of drug-likeness (QED) is 0.829. The minimum absolute atomic E-state index is 0.0176. The average molecular weight is 220 g/mol. The normalized spacial score (nSPS) is 14.6. The highest BCUT2D eigenvalue weighted by atomic mass is 16.4. The molecule has 0 unspecified atom stereocenters. The van der Waals surface area contributed by atoms with E-state index in [1.807, 2.05) is 0 Å². The molecular weight excluding hydrogens is 208 g/mol. The Morgan fingerprint density at radius 3 is 2.56 bits per heavy atom. The van der Waals surface area contributed by atoms with Gasteiger partial charge in [-0.25, -0.2) is 9.78 Å². The lowest BCUT2D eigenvalue weighted by Gasteiger charge is -2.16. The Bertz CT molecular complexity index is 423. The van der Waals surface area contributed by atoms with Gasteiger partial charge in [-0.2, -0.15) is 0 Å². The van der Waals surface area contributed by atoms with E-state index < -0.39 is 5.97 Å². The van der Waals surface area contributed by atoms with Crippen LogP contribution in [0.15, 0.2) is 18.3 Å². The van der Waals surface area contributed by atoms with Crippen LogP contribution in [0.25, 0.3) is 0 Å². The van der Waals surface area contributed by atoms with Gasteiger partial charge in [0.05, 0.1) is 11.9 Å². The summed E-state index contributed by atoms with van der Waals surface area (Å²) in [7, 11) is 1.68. The van der Waals surface area contributed by atoms with Crippen LogP contribution in [0.3, 0.4) is 0 Å². The molecule has 1 heterocycles. The van der Waals surface area contributed by atoms with Gasteiger partial charge in [-0.3, -0.25) is 4.79 Å². The minimum atomic E-state index is -1.07. The molecular formula is C11H12N2O3. The molecule has 0 bridgehead atoms. The molecule has 1 saturated carbocycles. The third-order valence-corrected chi connectivity index (χ3v) is 2.61. The molecule has 0 atom stereocenters. The lowest BCUT2D eigenvalue weighted by Crippen LogP contribution is -2.27. The van der Waals surface area contributed by atoms with Crippen molar-refractivity contribution in [2.75, 3.05) is 11.9 Å². The number of carbonyl (C=O) groups is 2. The average Bonchev–Trinajstić information content (AvgIpc) is 3.11. The smallest absolute Gasteiger partial charge is 0.354 e. The number of pyridine rings is 1. The highest BCUT2D eigenvalue weighted by Gasteiger charge is 2.32. The highest BCUT2D eigenvalue weighted by molar-refractivity contribution is 5.96. The molecule has 84 valence electrons. The van der Waals surface area contributed by atoms with Crippen LogP contribution in [0.1, 0.15) is 23.3 Å². The van der Waals surface area contributed by atoms with E-state index in [0.29, 0.717) is 5.69 Å². The van der Waals surface area contributed by atoms with E-state index >= 15 is 0 Å². The van der Waals surface area contributed by atoms with E-state index in [4.69, 9.17) is 5.11 Å². The number of nitrogens with zero attached hydrogens (tertiary/aromatic N) is 2. The van der Waals surface area contributed by atoms with Crippen LogP contribution in [0.4, 0.5) is 5.69 Å². The van der Waals surface area contributed by atoms with Gasteiger partial charge >= 0.3 is 5.97 Å². The molecule has 0 spiro atoms. The summed E-state index contributed by atoms with van der Waals surface area (Å²) in [6.07, 6.45) is 3.30. The number of aromatic nitrogens is 1. The van der Waals surface area contributed by atoms with Crippen LogP contribution >= 0.6 is 0 Å². The number of hydrogen-bond donors (Lipinski definition) is 1. The van der Waals surface area contributed by atoms with E-state index in [-0.39, 0.29) is 17.5 Å². The van der Waals surface area contributed by atoms with Crippen LogP contribution in [-0.2, 0) is 4.79 Å². The molecule has 2 rings (SSSR count). The number of carboxylic acids is 1. The first-order valence-corrected chi connectivity index (χ1v) is 5.06. The second-order valence-electron chi connectivity index (χ2n) is 3.88. The Morgan fingerprint density at radius 1 is 1.44 bits per heavy atom. The number of carbonyl (C=O) groups excluding carboxylic acids is 1. The number of anilines is 1. The zero-order valence-corrected chi connectivity index (χ0v) is 8.88. The second kappa shape index (κ2) is 3.92. The summed E-state index contributed by atoms with van der Waals surface area (Å²) in [5, 5.41) is 8.68. The van der Waals surface area contributed by atoms with Crippen molar-refractivity contribution < 1.29 is 14.7 Å². The molecule has 16 heavy (non-hydrogen) atoms. The molecule has 0 radical (unpaired) electrons. The summed E-state index contributed by atoms with van der Waals surface area (Å²) in [5.74, 6) is -0.850. The Balaban J connectivity index is 2.14. The third-order valence-electron chi connectivity index (χ3n) is 2.61. The zero-order valence-electron chi connectivity index (χ0n) is 8.88. The van der Waals surface area contributed by atoms with Crippen LogP contribution < -0.4 is 4.90 Å². The van der Waals surface area contributed by atoms with E-state index in [9.17, 15) is 9.59 Å². The van der Waals surface area contributed by atoms with E-state index in [1.165, 1.54) is 17.2 Å². The van der Waals surface area contributed by atoms with Gasteiger partial charge in [0.2, 0.25) is 5.91 Å².